The van der Waals surface area contributed by atoms with Crippen LogP contribution in [0.15, 0.2) is 48.5 Å². The summed E-state index contributed by atoms with van der Waals surface area (Å²) in [4.78, 5) is 21.1. The Labute approximate surface area is 102 Å². The molecule has 0 amide bonds. The Morgan fingerprint density at radius 1 is 1.06 bits per heavy atom. The maximum absolute atomic E-state index is 10.9. The summed E-state index contributed by atoms with van der Waals surface area (Å²) in [5.74, 6) is -1.18. The van der Waals surface area contributed by atoms with Crippen molar-refractivity contribution in [2.24, 2.45) is 0 Å². The van der Waals surface area contributed by atoms with E-state index >= 15 is 0 Å². The zero-order valence-corrected chi connectivity index (χ0v) is 9.24. The lowest BCUT2D eigenvalue weighted by Crippen LogP contribution is -1.99. The second-order valence-corrected chi connectivity index (χ2v) is 3.70. The predicted octanol–water partition coefficient (Wildman–Crippen LogP) is 2.96. The SMILES string of the molecule is O=C(O)c1cc(-c2ccccc2)cc([N+](=O)[O-])c1. The van der Waals surface area contributed by atoms with Crippen LogP contribution in [0.2, 0.25) is 0 Å². The molecule has 18 heavy (non-hydrogen) atoms. The fourth-order valence-electron chi connectivity index (χ4n) is 1.64. The molecule has 0 saturated heterocycles. The lowest BCUT2D eigenvalue weighted by atomic mass is 10.0. The van der Waals surface area contributed by atoms with E-state index in [1.165, 1.54) is 12.1 Å². The van der Waals surface area contributed by atoms with Gasteiger partial charge in [0.15, 0.2) is 0 Å². The predicted molar refractivity (Wildman–Crippen MR) is 65.5 cm³/mol. The number of nitrogens with zero attached hydrogens (tertiary/aromatic N) is 1. The Morgan fingerprint density at radius 3 is 2.28 bits per heavy atom. The molecule has 0 aliphatic carbocycles. The number of carboxylic acids is 1. The van der Waals surface area contributed by atoms with E-state index in [-0.39, 0.29) is 11.3 Å². The lowest BCUT2D eigenvalue weighted by Gasteiger charge is -2.03. The van der Waals surface area contributed by atoms with Gasteiger partial charge in [0.1, 0.15) is 0 Å². The third-order valence-corrected chi connectivity index (χ3v) is 2.48. The fraction of sp³-hybridized carbons (Fsp3) is 0. The normalized spacial score (nSPS) is 10.0. The average molecular weight is 243 g/mol. The van der Waals surface area contributed by atoms with Crippen molar-refractivity contribution in [3.05, 3.63) is 64.2 Å². The third-order valence-electron chi connectivity index (χ3n) is 2.48. The van der Waals surface area contributed by atoms with Gasteiger partial charge in [-0.3, -0.25) is 10.1 Å². The van der Waals surface area contributed by atoms with Crippen molar-refractivity contribution in [1.29, 1.82) is 0 Å². The highest BCUT2D eigenvalue weighted by Gasteiger charge is 2.14. The van der Waals surface area contributed by atoms with Crippen LogP contribution in [0, 0.1) is 10.1 Å². The number of benzene rings is 2. The summed E-state index contributed by atoms with van der Waals surface area (Å²) >= 11 is 0. The van der Waals surface area contributed by atoms with Gasteiger partial charge in [0.05, 0.1) is 10.5 Å². The van der Waals surface area contributed by atoms with Gasteiger partial charge < -0.3 is 5.11 Å². The zero-order chi connectivity index (χ0) is 13.1. The molecule has 0 spiro atoms. The number of nitro groups is 1. The molecule has 5 nitrogen and oxygen atoms in total. The molecule has 5 heteroatoms. The van der Waals surface area contributed by atoms with Crippen molar-refractivity contribution in [1.82, 2.24) is 0 Å². The molecule has 2 aromatic carbocycles. The highest BCUT2D eigenvalue weighted by molar-refractivity contribution is 5.90. The van der Waals surface area contributed by atoms with Gasteiger partial charge in [-0.25, -0.2) is 4.79 Å². The maximum Gasteiger partial charge on any atom is 0.335 e. The third kappa shape index (κ3) is 2.35. The van der Waals surface area contributed by atoms with Crippen LogP contribution in [0.3, 0.4) is 0 Å². The summed E-state index contributed by atoms with van der Waals surface area (Å²) in [6.45, 7) is 0. The summed E-state index contributed by atoms with van der Waals surface area (Å²) < 4.78 is 0. The van der Waals surface area contributed by atoms with Gasteiger partial charge in [-0.1, -0.05) is 30.3 Å². The van der Waals surface area contributed by atoms with Crippen LogP contribution < -0.4 is 0 Å². The number of nitro benzene ring substituents is 1. The molecule has 0 unspecified atom stereocenters. The minimum atomic E-state index is -1.18. The summed E-state index contributed by atoms with van der Waals surface area (Å²) in [6, 6.07) is 12.8. The number of rotatable bonds is 3. The second kappa shape index (κ2) is 4.67. The van der Waals surface area contributed by atoms with Crippen LogP contribution in [0.4, 0.5) is 5.69 Å². The molecule has 0 heterocycles. The van der Waals surface area contributed by atoms with Crippen molar-refractivity contribution < 1.29 is 14.8 Å². The molecule has 0 saturated carbocycles. The number of hydrogen-bond acceptors (Lipinski definition) is 3. The number of hydrogen-bond donors (Lipinski definition) is 1. The van der Waals surface area contributed by atoms with E-state index in [4.69, 9.17) is 5.11 Å². The molecule has 2 rings (SSSR count). The molecule has 0 aromatic heterocycles. The summed E-state index contributed by atoms with van der Waals surface area (Å²) in [6.07, 6.45) is 0. The van der Waals surface area contributed by atoms with E-state index in [1.54, 1.807) is 24.3 Å². The van der Waals surface area contributed by atoms with Crippen LogP contribution in [0.1, 0.15) is 10.4 Å². The standard InChI is InChI=1S/C13H9NO4/c15-13(16)11-6-10(7-12(8-11)14(17)18)9-4-2-1-3-5-9/h1-8H,(H,15,16). The molecule has 1 N–H and O–H groups in total. The van der Waals surface area contributed by atoms with Crippen molar-refractivity contribution in [3.8, 4) is 11.1 Å². The van der Waals surface area contributed by atoms with Gasteiger partial charge in [0.2, 0.25) is 0 Å². The van der Waals surface area contributed by atoms with Crippen LogP contribution in [-0.4, -0.2) is 16.0 Å². The molecular formula is C13H9NO4. The van der Waals surface area contributed by atoms with Crippen molar-refractivity contribution in [2.45, 2.75) is 0 Å². The Hall–Kier alpha value is -2.69. The molecule has 90 valence electrons. The Morgan fingerprint density at radius 2 is 1.72 bits per heavy atom. The first kappa shape index (κ1) is 11.8. The number of aromatic carboxylic acids is 1. The Kier molecular flexibility index (Phi) is 3.05. The number of carbonyl (C=O) groups is 1. The van der Waals surface area contributed by atoms with Crippen LogP contribution in [-0.2, 0) is 0 Å². The molecule has 0 radical (unpaired) electrons. The quantitative estimate of drug-likeness (QED) is 0.663. The highest BCUT2D eigenvalue weighted by Crippen LogP contribution is 2.25. The lowest BCUT2D eigenvalue weighted by molar-refractivity contribution is -0.384. The minimum Gasteiger partial charge on any atom is -0.478 e. The maximum atomic E-state index is 10.9. The van der Waals surface area contributed by atoms with E-state index in [0.717, 1.165) is 11.6 Å². The van der Waals surface area contributed by atoms with E-state index in [1.807, 2.05) is 6.07 Å². The molecule has 0 fully saturated rings. The van der Waals surface area contributed by atoms with E-state index < -0.39 is 10.9 Å². The number of non-ortho nitro benzene ring substituents is 1. The molecule has 2 aromatic rings. The van der Waals surface area contributed by atoms with Crippen LogP contribution in [0.25, 0.3) is 11.1 Å². The molecule has 0 aliphatic heterocycles. The van der Waals surface area contributed by atoms with E-state index in [2.05, 4.69) is 0 Å². The van der Waals surface area contributed by atoms with Gasteiger partial charge in [-0.15, -0.1) is 0 Å². The minimum absolute atomic E-state index is 0.0944. The summed E-state index contributed by atoms with van der Waals surface area (Å²) in [5.41, 5.74) is 0.933. The highest BCUT2D eigenvalue weighted by atomic mass is 16.6. The summed E-state index contributed by atoms with van der Waals surface area (Å²) in [7, 11) is 0. The van der Waals surface area contributed by atoms with Gasteiger partial charge in [-0.05, 0) is 17.2 Å². The van der Waals surface area contributed by atoms with E-state index in [9.17, 15) is 14.9 Å². The Bertz CT molecular complexity index is 575. The van der Waals surface area contributed by atoms with Gasteiger partial charge in [0, 0.05) is 12.1 Å². The van der Waals surface area contributed by atoms with Crippen molar-refractivity contribution in [3.63, 3.8) is 0 Å². The second-order valence-electron chi connectivity index (χ2n) is 3.70. The first-order valence-electron chi connectivity index (χ1n) is 5.16. The average Bonchev–Trinajstić information content (AvgIpc) is 2.39. The zero-order valence-electron chi connectivity index (χ0n) is 9.24. The molecule has 0 atom stereocenters. The van der Waals surface area contributed by atoms with Crippen LogP contribution >= 0.6 is 0 Å². The topological polar surface area (TPSA) is 80.4 Å². The van der Waals surface area contributed by atoms with Crippen molar-refractivity contribution in [2.75, 3.05) is 0 Å². The molecule has 0 bridgehead atoms. The van der Waals surface area contributed by atoms with E-state index in [0.29, 0.717) is 5.56 Å². The first-order valence-corrected chi connectivity index (χ1v) is 5.16. The van der Waals surface area contributed by atoms with Crippen LogP contribution in [0.5, 0.6) is 0 Å². The summed E-state index contributed by atoms with van der Waals surface area (Å²) in [5, 5.41) is 19.7. The number of carboxylic acid groups (broad SMARTS) is 1. The molecular weight excluding hydrogens is 234 g/mol. The largest absolute Gasteiger partial charge is 0.478 e. The smallest absolute Gasteiger partial charge is 0.335 e. The molecule has 0 aliphatic rings. The Balaban J connectivity index is 2.61. The van der Waals surface area contributed by atoms with Gasteiger partial charge >= 0.3 is 5.97 Å². The fourth-order valence-corrected chi connectivity index (χ4v) is 1.64. The van der Waals surface area contributed by atoms with Crippen molar-refractivity contribution >= 4 is 11.7 Å². The van der Waals surface area contributed by atoms with Gasteiger partial charge in [0.25, 0.3) is 5.69 Å². The first-order chi connectivity index (χ1) is 8.58. The van der Waals surface area contributed by atoms with Gasteiger partial charge in [-0.2, -0.15) is 0 Å². The monoisotopic (exact) mass is 243 g/mol.